The topological polar surface area (TPSA) is 78.4 Å². The third-order valence-corrected chi connectivity index (χ3v) is 3.31. The van der Waals surface area contributed by atoms with Crippen LogP contribution in [0.1, 0.15) is 25.3 Å². The van der Waals surface area contributed by atoms with Crippen molar-refractivity contribution in [3.63, 3.8) is 0 Å². The van der Waals surface area contributed by atoms with E-state index in [-0.39, 0.29) is 18.2 Å². The summed E-state index contributed by atoms with van der Waals surface area (Å²) in [4.78, 5) is 22.6. The lowest BCUT2D eigenvalue weighted by Gasteiger charge is -2.10. The Hall–Kier alpha value is -1.88. The molecule has 5 heteroatoms. The summed E-state index contributed by atoms with van der Waals surface area (Å²) in [6, 6.07) is 7.15. The van der Waals surface area contributed by atoms with Crippen LogP contribution in [0.4, 0.5) is 5.69 Å². The van der Waals surface area contributed by atoms with Crippen molar-refractivity contribution in [2.75, 3.05) is 11.9 Å². The molecule has 0 aromatic heterocycles. The zero-order valence-electron chi connectivity index (χ0n) is 11.6. The molecule has 0 bridgehead atoms. The maximum Gasteiger partial charge on any atom is 0.224 e. The molecule has 2 rings (SSSR count). The highest BCUT2D eigenvalue weighted by molar-refractivity contribution is 5.88. The molecule has 1 aliphatic carbocycles. The minimum Gasteiger partial charge on any atom is -0.391 e. The van der Waals surface area contributed by atoms with Crippen LogP contribution in [0.5, 0.6) is 0 Å². The fraction of sp³-hybridized carbons (Fsp3) is 0.467. The number of hydrogen-bond acceptors (Lipinski definition) is 3. The SMILES string of the molecule is CC(=O)Nc1ccc(CC(=O)NCC(O)C2CC2)cc1. The first kappa shape index (κ1) is 14.5. The van der Waals surface area contributed by atoms with Crippen LogP contribution in [0.3, 0.4) is 0 Å². The van der Waals surface area contributed by atoms with Gasteiger partial charge in [0.1, 0.15) is 0 Å². The van der Waals surface area contributed by atoms with Gasteiger partial charge in [-0.05, 0) is 36.5 Å². The summed E-state index contributed by atoms with van der Waals surface area (Å²) < 4.78 is 0. The minimum absolute atomic E-state index is 0.100. The van der Waals surface area contributed by atoms with Crippen LogP contribution in [-0.4, -0.2) is 29.6 Å². The van der Waals surface area contributed by atoms with E-state index in [0.29, 0.717) is 18.2 Å². The Balaban J connectivity index is 1.76. The number of benzene rings is 1. The molecule has 1 aromatic carbocycles. The maximum absolute atomic E-state index is 11.7. The van der Waals surface area contributed by atoms with Gasteiger partial charge < -0.3 is 15.7 Å². The summed E-state index contributed by atoms with van der Waals surface area (Å²) in [6.45, 7) is 1.78. The van der Waals surface area contributed by atoms with Gasteiger partial charge in [0, 0.05) is 19.2 Å². The summed E-state index contributed by atoms with van der Waals surface area (Å²) in [6.07, 6.45) is 1.97. The first-order valence-electron chi connectivity index (χ1n) is 6.86. The standard InChI is InChI=1S/C15H20N2O3/c1-10(18)17-13-6-2-11(3-7-13)8-15(20)16-9-14(19)12-4-5-12/h2-3,6-7,12,14,19H,4-5,8-9H2,1H3,(H,16,20)(H,17,18). The van der Waals surface area contributed by atoms with Crippen LogP contribution >= 0.6 is 0 Å². The Bertz CT molecular complexity index is 480. The number of nitrogens with one attached hydrogen (secondary N) is 2. The molecule has 1 unspecified atom stereocenters. The van der Waals surface area contributed by atoms with E-state index in [1.807, 2.05) is 12.1 Å². The maximum atomic E-state index is 11.7. The Morgan fingerprint density at radius 3 is 2.50 bits per heavy atom. The van der Waals surface area contributed by atoms with Gasteiger partial charge in [0.2, 0.25) is 11.8 Å². The van der Waals surface area contributed by atoms with Crippen LogP contribution in [0.15, 0.2) is 24.3 Å². The van der Waals surface area contributed by atoms with Gasteiger partial charge in [0.15, 0.2) is 0 Å². The van der Waals surface area contributed by atoms with Gasteiger partial charge in [-0.25, -0.2) is 0 Å². The molecule has 1 saturated carbocycles. The molecule has 0 saturated heterocycles. The van der Waals surface area contributed by atoms with Crippen molar-refractivity contribution in [1.29, 1.82) is 0 Å². The molecule has 0 heterocycles. The molecule has 2 amide bonds. The van der Waals surface area contributed by atoms with Gasteiger partial charge in [-0.1, -0.05) is 12.1 Å². The van der Waals surface area contributed by atoms with Crippen LogP contribution < -0.4 is 10.6 Å². The lowest BCUT2D eigenvalue weighted by atomic mass is 10.1. The van der Waals surface area contributed by atoms with Crippen molar-refractivity contribution in [1.82, 2.24) is 5.32 Å². The molecule has 5 nitrogen and oxygen atoms in total. The van der Waals surface area contributed by atoms with Crippen LogP contribution in [0.2, 0.25) is 0 Å². The molecular weight excluding hydrogens is 256 g/mol. The number of hydrogen-bond donors (Lipinski definition) is 3. The summed E-state index contributed by atoms with van der Waals surface area (Å²) in [7, 11) is 0. The highest BCUT2D eigenvalue weighted by atomic mass is 16.3. The average Bonchev–Trinajstić information content (AvgIpc) is 3.22. The third kappa shape index (κ3) is 4.66. The van der Waals surface area contributed by atoms with Crippen molar-refractivity contribution in [3.05, 3.63) is 29.8 Å². The highest BCUT2D eigenvalue weighted by Gasteiger charge is 2.29. The largest absolute Gasteiger partial charge is 0.391 e. The number of rotatable bonds is 6. The first-order valence-corrected chi connectivity index (χ1v) is 6.86. The van der Waals surface area contributed by atoms with Crippen molar-refractivity contribution in [2.45, 2.75) is 32.3 Å². The normalized spacial score (nSPS) is 15.5. The molecule has 108 valence electrons. The van der Waals surface area contributed by atoms with Gasteiger partial charge in [-0.3, -0.25) is 9.59 Å². The number of carbonyl (C=O) groups excluding carboxylic acids is 2. The van der Waals surface area contributed by atoms with Crippen molar-refractivity contribution in [2.24, 2.45) is 5.92 Å². The summed E-state index contributed by atoms with van der Waals surface area (Å²) in [5.41, 5.74) is 1.59. The van der Waals surface area contributed by atoms with E-state index < -0.39 is 6.10 Å². The minimum atomic E-state index is -0.416. The fourth-order valence-corrected chi connectivity index (χ4v) is 2.02. The van der Waals surface area contributed by atoms with E-state index >= 15 is 0 Å². The molecule has 1 aliphatic rings. The predicted molar refractivity (Wildman–Crippen MR) is 76.2 cm³/mol. The Morgan fingerprint density at radius 1 is 1.30 bits per heavy atom. The Morgan fingerprint density at radius 2 is 1.95 bits per heavy atom. The second-order valence-corrected chi connectivity index (χ2v) is 5.26. The van der Waals surface area contributed by atoms with Gasteiger partial charge in [0.25, 0.3) is 0 Å². The molecule has 1 atom stereocenters. The Labute approximate surface area is 118 Å². The van der Waals surface area contributed by atoms with Gasteiger partial charge in [0.05, 0.1) is 12.5 Å². The van der Waals surface area contributed by atoms with Crippen molar-refractivity contribution < 1.29 is 14.7 Å². The smallest absolute Gasteiger partial charge is 0.224 e. The number of carbonyl (C=O) groups is 2. The third-order valence-electron chi connectivity index (χ3n) is 3.31. The molecule has 0 aliphatic heterocycles. The monoisotopic (exact) mass is 276 g/mol. The molecule has 0 spiro atoms. The number of aliphatic hydroxyl groups excluding tert-OH is 1. The molecule has 0 radical (unpaired) electrons. The van der Waals surface area contributed by atoms with Gasteiger partial charge >= 0.3 is 0 Å². The molecular formula is C15H20N2O3. The summed E-state index contributed by atoms with van der Waals surface area (Å²) >= 11 is 0. The zero-order valence-corrected chi connectivity index (χ0v) is 11.6. The second kappa shape index (κ2) is 6.52. The number of aliphatic hydroxyl groups is 1. The average molecular weight is 276 g/mol. The number of amides is 2. The lowest BCUT2D eigenvalue weighted by Crippen LogP contribution is -2.34. The second-order valence-electron chi connectivity index (χ2n) is 5.26. The van der Waals surface area contributed by atoms with Crippen molar-refractivity contribution in [3.8, 4) is 0 Å². The van der Waals surface area contributed by atoms with E-state index in [1.165, 1.54) is 6.92 Å². The van der Waals surface area contributed by atoms with Crippen LogP contribution in [0.25, 0.3) is 0 Å². The van der Waals surface area contributed by atoms with Gasteiger partial charge in [-0.15, -0.1) is 0 Å². The van der Waals surface area contributed by atoms with E-state index in [4.69, 9.17) is 0 Å². The first-order chi connectivity index (χ1) is 9.54. The molecule has 3 N–H and O–H groups in total. The number of anilines is 1. The molecule has 1 aromatic rings. The quantitative estimate of drug-likeness (QED) is 0.727. The zero-order chi connectivity index (χ0) is 14.5. The van der Waals surface area contributed by atoms with E-state index in [1.54, 1.807) is 12.1 Å². The van der Waals surface area contributed by atoms with Crippen LogP contribution in [-0.2, 0) is 16.0 Å². The summed E-state index contributed by atoms with van der Waals surface area (Å²) in [5, 5.41) is 15.1. The van der Waals surface area contributed by atoms with Gasteiger partial charge in [-0.2, -0.15) is 0 Å². The Kier molecular flexibility index (Phi) is 4.74. The molecule has 20 heavy (non-hydrogen) atoms. The predicted octanol–water partition coefficient (Wildman–Crippen LogP) is 1.07. The van der Waals surface area contributed by atoms with E-state index in [2.05, 4.69) is 10.6 Å². The van der Waals surface area contributed by atoms with Crippen molar-refractivity contribution >= 4 is 17.5 Å². The highest BCUT2D eigenvalue weighted by Crippen LogP contribution is 2.32. The summed E-state index contributed by atoms with van der Waals surface area (Å²) in [5.74, 6) is 0.147. The van der Waals surface area contributed by atoms with E-state index in [9.17, 15) is 14.7 Å². The van der Waals surface area contributed by atoms with E-state index in [0.717, 1.165) is 18.4 Å². The molecule has 1 fully saturated rings. The fourth-order valence-electron chi connectivity index (χ4n) is 2.02. The lowest BCUT2D eigenvalue weighted by molar-refractivity contribution is -0.121. The van der Waals surface area contributed by atoms with Crippen LogP contribution in [0, 0.1) is 5.92 Å².